The van der Waals surface area contributed by atoms with Gasteiger partial charge in [0.1, 0.15) is 22.7 Å². The van der Waals surface area contributed by atoms with Gasteiger partial charge in [-0.05, 0) is 36.0 Å². The summed E-state index contributed by atoms with van der Waals surface area (Å²) in [5.74, 6) is 1.33. The molecule has 0 aliphatic carbocycles. The first-order chi connectivity index (χ1) is 11.5. The van der Waals surface area contributed by atoms with Gasteiger partial charge in [-0.2, -0.15) is 0 Å². The summed E-state index contributed by atoms with van der Waals surface area (Å²) in [5.41, 5.74) is 1.02. The topological polar surface area (TPSA) is 90.2 Å². The van der Waals surface area contributed by atoms with Gasteiger partial charge in [0.25, 0.3) is 0 Å². The molecule has 2 aromatic heterocycles. The second kappa shape index (κ2) is 6.70. The van der Waals surface area contributed by atoms with E-state index in [1.165, 1.54) is 12.4 Å². The maximum Gasteiger partial charge on any atom is 0.326 e. The van der Waals surface area contributed by atoms with E-state index < -0.39 is 4.92 Å². The molecule has 3 aromatic rings. The van der Waals surface area contributed by atoms with Gasteiger partial charge in [-0.15, -0.1) is 0 Å². The largest absolute Gasteiger partial charge is 0.497 e. The fraction of sp³-hybridized carbons (Fsp3) is 0.200. The minimum atomic E-state index is -0.417. The van der Waals surface area contributed by atoms with Crippen LogP contribution in [0.5, 0.6) is 5.75 Å². The van der Waals surface area contributed by atoms with Crippen LogP contribution in [0.25, 0.3) is 10.2 Å². The van der Waals surface area contributed by atoms with Crippen LogP contribution in [0.2, 0.25) is 0 Å². The molecule has 0 unspecified atom stereocenters. The molecule has 0 aliphatic rings. The van der Waals surface area contributed by atoms with Crippen LogP contribution in [0.4, 0.5) is 10.8 Å². The summed E-state index contributed by atoms with van der Waals surface area (Å²) in [4.78, 5) is 19.5. The van der Waals surface area contributed by atoms with Gasteiger partial charge in [-0.1, -0.05) is 22.0 Å². The molecule has 0 fully saturated rings. The van der Waals surface area contributed by atoms with E-state index in [-0.39, 0.29) is 11.0 Å². The van der Waals surface area contributed by atoms with Crippen LogP contribution in [-0.4, -0.2) is 22.0 Å². The lowest BCUT2D eigenvalue weighted by atomic mass is 10.1. The zero-order chi connectivity index (χ0) is 17.3. The molecule has 24 heavy (non-hydrogen) atoms. The third-order valence-electron chi connectivity index (χ3n) is 3.52. The van der Waals surface area contributed by atoms with E-state index in [0.717, 1.165) is 27.1 Å². The van der Waals surface area contributed by atoms with Crippen molar-refractivity contribution in [3.05, 3.63) is 50.7 Å². The third kappa shape index (κ3) is 3.17. The number of hydrogen-bond donors (Lipinski definition) is 1. The van der Waals surface area contributed by atoms with Gasteiger partial charge in [0.2, 0.25) is 0 Å². The number of ether oxygens (including phenoxy) is 1. The number of nitro groups is 1. The van der Waals surface area contributed by atoms with Crippen molar-refractivity contribution < 1.29 is 9.66 Å². The molecule has 2 heterocycles. The van der Waals surface area contributed by atoms with E-state index in [1.54, 1.807) is 7.11 Å². The van der Waals surface area contributed by atoms with E-state index in [4.69, 9.17) is 4.74 Å². The van der Waals surface area contributed by atoms with Crippen molar-refractivity contribution in [3.8, 4) is 5.75 Å². The first kappa shape index (κ1) is 16.6. The molecule has 0 saturated heterocycles. The van der Waals surface area contributed by atoms with Crippen LogP contribution in [0.1, 0.15) is 18.5 Å². The molecule has 124 valence electrons. The Labute approximate surface area is 150 Å². The predicted octanol–water partition coefficient (Wildman–Crippen LogP) is 4.54. The summed E-state index contributed by atoms with van der Waals surface area (Å²) in [6.45, 7) is 1.99. The summed E-state index contributed by atoms with van der Waals surface area (Å²) < 4.78 is 6.10. The highest BCUT2D eigenvalue weighted by atomic mass is 79.9. The van der Waals surface area contributed by atoms with Crippen molar-refractivity contribution in [1.82, 2.24) is 9.97 Å². The quantitative estimate of drug-likeness (QED) is 0.491. The monoisotopic (exact) mass is 408 g/mol. The van der Waals surface area contributed by atoms with Gasteiger partial charge in [-0.25, -0.2) is 9.97 Å². The number of aromatic nitrogens is 2. The SMILES string of the molecule is COc1ccc([C@@H](C)Nc2ncnc3sc([N+](=O)[O-])cc23)c(Br)c1. The first-order valence-electron chi connectivity index (χ1n) is 6.98. The lowest BCUT2D eigenvalue weighted by Gasteiger charge is -2.17. The lowest BCUT2D eigenvalue weighted by molar-refractivity contribution is -0.380. The van der Waals surface area contributed by atoms with Gasteiger partial charge in [0, 0.05) is 10.5 Å². The van der Waals surface area contributed by atoms with Crippen LogP contribution in [0.15, 0.2) is 35.1 Å². The Morgan fingerprint density at radius 1 is 1.38 bits per heavy atom. The average Bonchev–Trinajstić information content (AvgIpc) is 3.00. The zero-order valence-electron chi connectivity index (χ0n) is 12.8. The predicted molar refractivity (Wildman–Crippen MR) is 96.8 cm³/mol. The molecule has 7 nitrogen and oxygen atoms in total. The van der Waals surface area contributed by atoms with E-state index in [2.05, 4.69) is 31.2 Å². The van der Waals surface area contributed by atoms with Crippen molar-refractivity contribution >= 4 is 48.3 Å². The highest BCUT2D eigenvalue weighted by Gasteiger charge is 2.18. The number of anilines is 1. The molecule has 1 atom stereocenters. The third-order valence-corrected chi connectivity index (χ3v) is 5.21. The minimum Gasteiger partial charge on any atom is -0.497 e. The minimum absolute atomic E-state index is 0.0480. The first-order valence-corrected chi connectivity index (χ1v) is 8.59. The summed E-state index contributed by atoms with van der Waals surface area (Å²) in [5, 5.41) is 14.9. The van der Waals surface area contributed by atoms with Crippen molar-refractivity contribution in [2.24, 2.45) is 0 Å². The fourth-order valence-electron chi connectivity index (χ4n) is 2.32. The van der Waals surface area contributed by atoms with Crippen LogP contribution in [0.3, 0.4) is 0 Å². The maximum atomic E-state index is 11.0. The molecular weight excluding hydrogens is 396 g/mol. The van der Waals surface area contributed by atoms with Crippen molar-refractivity contribution in [2.45, 2.75) is 13.0 Å². The summed E-state index contributed by atoms with van der Waals surface area (Å²) >= 11 is 4.57. The Balaban J connectivity index is 1.93. The lowest BCUT2D eigenvalue weighted by Crippen LogP contribution is -2.09. The standard InChI is InChI=1S/C15H13BrN4O3S/c1-8(10-4-3-9(23-2)5-12(10)16)19-14-11-6-13(20(21)22)24-15(11)18-7-17-14/h3-8H,1-2H3,(H,17,18,19)/t8-/m1/s1. The second-order valence-electron chi connectivity index (χ2n) is 5.04. The van der Waals surface area contributed by atoms with Crippen molar-refractivity contribution in [2.75, 3.05) is 12.4 Å². The van der Waals surface area contributed by atoms with Crippen LogP contribution >= 0.6 is 27.3 Å². The van der Waals surface area contributed by atoms with E-state index in [1.807, 2.05) is 25.1 Å². The number of fused-ring (bicyclic) bond motifs is 1. The van der Waals surface area contributed by atoms with E-state index in [9.17, 15) is 10.1 Å². The van der Waals surface area contributed by atoms with Gasteiger partial charge in [0.05, 0.1) is 23.5 Å². The number of halogens is 1. The Hall–Kier alpha value is -2.26. The van der Waals surface area contributed by atoms with E-state index in [0.29, 0.717) is 16.0 Å². The summed E-state index contributed by atoms with van der Waals surface area (Å²) in [6.07, 6.45) is 1.40. The molecule has 0 amide bonds. The number of methoxy groups -OCH3 is 1. The molecule has 9 heteroatoms. The Morgan fingerprint density at radius 2 is 2.17 bits per heavy atom. The molecule has 0 bridgehead atoms. The number of thiophene rings is 1. The van der Waals surface area contributed by atoms with Crippen molar-refractivity contribution in [1.29, 1.82) is 0 Å². The van der Waals surface area contributed by atoms with Gasteiger partial charge in [0.15, 0.2) is 0 Å². The average molecular weight is 409 g/mol. The smallest absolute Gasteiger partial charge is 0.326 e. The molecule has 1 N–H and O–H groups in total. The number of benzene rings is 1. The molecule has 0 spiro atoms. The second-order valence-corrected chi connectivity index (χ2v) is 6.90. The van der Waals surface area contributed by atoms with Crippen LogP contribution in [0, 0.1) is 10.1 Å². The van der Waals surface area contributed by atoms with E-state index >= 15 is 0 Å². The van der Waals surface area contributed by atoms with Crippen LogP contribution < -0.4 is 10.1 Å². The molecule has 1 aromatic carbocycles. The maximum absolute atomic E-state index is 11.0. The molecule has 0 saturated carbocycles. The van der Waals surface area contributed by atoms with Crippen molar-refractivity contribution in [3.63, 3.8) is 0 Å². The van der Waals surface area contributed by atoms with Crippen LogP contribution in [-0.2, 0) is 0 Å². The Morgan fingerprint density at radius 3 is 2.83 bits per heavy atom. The number of nitrogens with one attached hydrogen (secondary N) is 1. The normalized spacial score (nSPS) is 12.1. The summed E-state index contributed by atoms with van der Waals surface area (Å²) in [7, 11) is 1.62. The molecule has 3 rings (SSSR count). The molecular formula is C15H13BrN4O3S. The molecule has 0 aliphatic heterocycles. The number of nitrogens with zero attached hydrogens (tertiary/aromatic N) is 3. The Bertz CT molecular complexity index is 915. The Kier molecular flexibility index (Phi) is 4.63. The highest BCUT2D eigenvalue weighted by molar-refractivity contribution is 9.10. The van der Waals surface area contributed by atoms with Gasteiger partial charge >= 0.3 is 5.00 Å². The number of hydrogen-bond acceptors (Lipinski definition) is 7. The molecule has 0 radical (unpaired) electrons. The van der Waals surface area contributed by atoms with Gasteiger partial charge < -0.3 is 10.1 Å². The fourth-order valence-corrected chi connectivity index (χ4v) is 3.83. The summed E-state index contributed by atoms with van der Waals surface area (Å²) in [6, 6.07) is 7.15. The highest BCUT2D eigenvalue weighted by Crippen LogP contribution is 2.35. The van der Waals surface area contributed by atoms with Gasteiger partial charge in [-0.3, -0.25) is 10.1 Å². The number of rotatable bonds is 5. The zero-order valence-corrected chi connectivity index (χ0v) is 15.2.